The van der Waals surface area contributed by atoms with Crippen molar-refractivity contribution in [2.75, 3.05) is 6.54 Å². The molecule has 1 aromatic rings. The van der Waals surface area contributed by atoms with Crippen LogP contribution < -0.4 is 11.1 Å². The van der Waals surface area contributed by atoms with Crippen molar-refractivity contribution in [3.63, 3.8) is 0 Å². The number of carbonyl (C=O) groups excluding carboxylic acids is 1. The van der Waals surface area contributed by atoms with E-state index >= 15 is 0 Å². The molecular formula is C11H14Br2N2OS. The van der Waals surface area contributed by atoms with Crippen LogP contribution in [0.3, 0.4) is 0 Å². The fourth-order valence-electron chi connectivity index (χ4n) is 1.86. The predicted molar refractivity (Wildman–Crippen MR) is 77.4 cm³/mol. The van der Waals surface area contributed by atoms with Gasteiger partial charge >= 0.3 is 0 Å². The minimum absolute atomic E-state index is 0.0568. The second-order valence-electron chi connectivity index (χ2n) is 4.59. The molecule has 1 fully saturated rings. The molecule has 1 heterocycles. The maximum Gasteiger partial charge on any atom is 0.253 e. The SMILES string of the molecule is CC(CN)(NC(=O)c1cc(Br)sc1Br)C1CC1. The van der Waals surface area contributed by atoms with Crippen LogP contribution in [0.1, 0.15) is 30.1 Å². The summed E-state index contributed by atoms with van der Waals surface area (Å²) in [5, 5.41) is 3.07. The average molecular weight is 382 g/mol. The van der Waals surface area contributed by atoms with Crippen LogP contribution in [0, 0.1) is 5.92 Å². The third kappa shape index (κ3) is 2.92. The van der Waals surface area contributed by atoms with Gasteiger partial charge in [-0.25, -0.2) is 0 Å². The van der Waals surface area contributed by atoms with E-state index in [-0.39, 0.29) is 11.4 Å². The summed E-state index contributed by atoms with van der Waals surface area (Å²) in [6.45, 7) is 2.50. The summed E-state index contributed by atoms with van der Waals surface area (Å²) in [6, 6.07) is 1.83. The van der Waals surface area contributed by atoms with Gasteiger partial charge in [0.15, 0.2) is 0 Å². The fraction of sp³-hybridized carbons (Fsp3) is 0.545. The second kappa shape index (κ2) is 4.99. The van der Waals surface area contributed by atoms with Gasteiger partial charge in [0.2, 0.25) is 0 Å². The molecule has 0 aromatic carbocycles. The molecule has 0 saturated heterocycles. The van der Waals surface area contributed by atoms with E-state index in [9.17, 15) is 4.79 Å². The van der Waals surface area contributed by atoms with Crippen molar-refractivity contribution < 1.29 is 4.79 Å². The Morgan fingerprint density at radius 2 is 2.29 bits per heavy atom. The van der Waals surface area contributed by atoms with Crippen molar-refractivity contribution in [3.8, 4) is 0 Å². The van der Waals surface area contributed by atoms with E-state index in [0.29, 0.717) is 18.0 Å². The van der Waals surface area contributed by atoms with Crippen LogP contribution >= 0.6 is 43.2 Å². The molecule has 1 aliphatic rings. The van der Waals surface area contributed by atoms with E-state index in [0.717, 1.165) is 20.4 Å². The minimum Gasteiger partial charge on any atom is -0.345 e. The largest absolute Gasteiger partial charge is 0.345 e. The fourth-order valence-corrected chi connectivity index (χ4v) is 4.66. The molecule has 17 heavy (non-hydrogen) atoms. The Balaban J connectivity index is 2.13. The van der Waals surface area contributed by atoms with Gasteiger partial charge in [0, 0.05) is 6.54 Å². The second-order valence-corrected chi connectivity index (χ2v) is 8.34. The summed E-state index contributed by atoms with van der Waals surface area (Å²) < 4.78 is 1.78. The number of hydrogen-bond donors (Lipinski definition) is 2. The van der Waals surface area contributed by atoms with Gasteiger partial charge in [-0.3, -0.25) is 4.79 Å². The number of rotatable bonds is 4. The summed E-state index contributed by atoms with van der Waals surface area (Å²) in [6.07, 6.45) is 2.31. The lowest BCUT2D eigenvalue weighted by Gasteiger charge is -2.29. The molecule has 1 saturated carbocycles. The predicted octanol–water partition coefficient (Wildman–Crippen LogP) is 3.13. The number of amides is 1. The number of nitrogens with two attached hydrogens (primary N) is 1. The highest BCUT2D eigenvalue weighted by molar-refractivity contribution is 9.12. The number of hydrogen-bond acceptors (Lipinski definition) is 3. The lowest BCUT2D eigenvalue weighted by molar-refractivity contribution is 0.0897. The Kier molecular flexibility index (Phi) is 3.97. The Hall–Kier alpha value is 0.0900. The summed E-state index contributed by atoms with van der Waals surface area (Å²) >= 11 is 8.27. The van der Waals surface area contributed by atoms with Crippen LogP contribution in [0.25, 0.3) is 0 Å². The molecule has 0 spiro atoms. The van der Waals surface area contributed by atoms with Gasteiger partial charge in [0.25, 0.3) is 5.91 Å². The topological polar surface area (TPSA) is 55.1 Å². The Morgan fingerprint density at radius 1 is 1.65 bits per heavy atom. The first-order chi connectivity index (χ1) is 7.96. The van der Waals surface area contributed by atoms with Crippen LogP contribution in [0.2, 0.25) is 0 Å². The first-order valence-corrected chi connectivity index (χ1v) is 7.84. The maximum absolute atomic E-state index is 12.2. The number of carbonyl (C=O) groups is 1. The summed E-state index contributed by atoms with van der Waals surface area (Å²) in [7, 11) is 0. The van der Waals surface area contributed by atoms with Crippen molar-refractivity contribution in [2.24, 2.45) is 11.7 Å². The molecule has 3 nitrogen and oxygen atoms in total. The highest BCUT2D eigenvalue weighted by Crippen LogP contribution is 2.39. The molecule has 2 rings (SSSR count). The Morgan fingerprint density at radius 3 is 2.71 bits per heavy atom. The van der Waals surface area contributed by atoms with Gasteiger partial charge in [-0.2, -0.15) is 0 Å². The van der Waals surface area contributed by atoms with E-state index in [1.807, 2.05) is 13.0 Å². The summed E-state index contributed by atoms with van der Waals surface area (Å²) in [4.78, 5) is 12.2. The van der Waals surface area contributed by atoms with E-state index in [2.05, 4.69) is 37.2 Å². The van der Waals surface area contributed by atoms with Gasteiger partial charge < -0.3 is 11.1 Å². The molecule has 1 unspecified atom stereocenters. The van der Waals surface area contributed by atoms with E-state index in [4.69, 9.17) is 5.73 Å². The van der Waals surface area contributed by atoms with E-state index < -0.39 is 0 Å². The maximum atomic E-state index is 12.2. The van der Waals surface area contributed by atoms with Crippen LogP contribution in [0.4, 0.5) is 0 Å². The number of nitrogens with one attached hydrogen (secondary N) is 1. The highest BCUT2D eigenvalue weighted by Gasteiger charge is 2.41. The zero-order valence-electron chi connectivity index (χ0n) is 9.43. The number of halogens is 2. The minimum atomic E-state index is -0.273. The lowest BCUT2D eigenvalue weighted by Crippen LogP contribution is -2.53. The molecule has 0 radical (unpaired) electrons. The van der Waals surface area contributed by atoms with Crippen molar-refractivity contribution in [3.05, 3.63) is 19.2 Å². The van der Waals surface area contributed by atoms with Crippen LogP contribution in [-0.2, 0) is 0 Å². The molecular weight excluding hydrogens is 368 g/mol. The lowest BCUT2D eigenvalue weighted by atomic mass is 9.95. The van der Waals surface area contributed by atoms with Crippen LogP contribution in [0.5, 0.6) is 0 Å². The standard InChI is InChI=1S/C11H14Br2N2OS/c1-11(5-14,6-2-3-6)15-10(16)7-4-8(12)17-9(7)13/h4,6H,2-3,5,14H2,1H3,(H,15,16). The molecule has 1 aromatic heterocycles. The molecule has 0 bridgehead atoms. The normalized spacial score (nSPS) is 18.8. The van der Waals surface area contributed by atoms with Gasteiger partial charge in [-0.15, -0.1) is 11.3 Å². The van der Waals surface area contributed by atoms with E-state index in [1.165, 1.54) is 11.3 Å². The van der Waals surface area contributed by atoms with Crippen molar-refractivity contribution in [2.45, 2.75) is 25.3 Å². The third-order valence-corrected chi connectivity index (χ3v) is 5.54. The van der Waals surface area contributed by atoms with Crippen molar-refractivity contribution in [1.82, 2.24) is 5.32 Å². The van der Waals surface area contributed by atoms with Gasteiger partial charge in [0.1, 0.15) is 0 Å². The molecule has 3 N–H and O–H groups in total. The zero-order valence-corrected chi connectivity index (χ0v) is 13.4. The van der Waals surface area contributed by atoms with Gasteiger partial charge in [-0.05, 0) is 63.6 Å². The molecule has 1 amide bonds. The van der Waals surface area contributed by atoms with Crippen LogP contribution in [0.15, 0.2) is 13.6 Å². The summed E-state index contributed by atoms with van der Waals surface area (Å²) in [5.41, 5.74) is 6.18. The van der Waals surface area contributed by atoms with E-state index in [1.54, 1.807) is 0 Å². The quantitative estimate of drug-likeness (QED) is 0.841. The third-order valence-electron chi connectivity index (χ3n) is 3.20. The molecule has 1 aliphatic carbocycles. The molecule has 0 aliphatic heterocycles. The molecule has 94 valence electrons. The monoisotopic (exact) mass is 380 g/mol. The molecule has 1 atom stereocenters. The Labute approximate surface area is 121 Å². The van der Waals surface area contributed by atoms with Crippen LogP contribution in [-0.4, -0.2) is 18.0 Å². The first kappa shape index (κ1) is 13.5. The smallest absolute Gasteiger partial charge is 0.253 e. The van der Waals surface area contributed by atoms with Gasteiger partial charge in [-0.1, -0.05) is 0 Å². The summed E-state index contributed by atoms with van der Waals surface area (Å²) in [5.74, 6) is 0.468. The Bertz CT molecular complexity index is 445. The van der Waals surface area contributed by atoms with Crippen molar-refractivity contribution >= 4 is 49.1 Å². The average Bonchev–Trinajstić information content (AvgIpc) is 3.05. The highest BCUT2D eigenvalue weighted by atomic mass is 79.9. The number of thiophene rings is 1. The molecule has 6 heteroatoms. The first-order valence-electron chi connectivity index (χ1n) is 5.43. The zero-order chi connectivity index (χ0) is 12.6. The van der Waals surface area contributed by atoms with Crippen molar-refractivity contribution in [1.29, 1.82) is 0 Å². The van der Waals surface area contributed by atoms with Gasteiger partial charge in [0.05, 0.1) is 18.7 Å².